The molecule has 0 heterocycles. The molecule has 1 amide bonds. The van der Waals surface area contributed by atoms with E-state index in [1.807, 2.05) is 6.92 Å². The SMILES string of the molecule is CCN(C=O)CCCCCl. The van der Waals surface area contributed by atoms with Crippen molar-refractivity contribution in [2.75, 3.05) is 19.0 Å². The summed E-state index contributed by atoms with van der Waals surface area (Å²) in [5.74, 6) is 0.691. The summed E-state index contributed by atoms with van der Waals surface area (Å²) in [5, 5.41) is 0. The Bertz CT molecular complexity index is 87.7. The summed E-state index contributed by atoms with van der Waals surface area (Å²) in [4.78, 5) is 12.0. The van der Waals surface area contributed by atoms with Crippen LogP contribution in [0.5, 0.6) is 0 Å². The fraction of sp³-hybridized carbons (Fsp3) is 0.857. The molecule has 2 nitrogen and oxygen atoms in total. The zero-order chi connectivity index (χ0) is 7.82. The maximum absolute atomic E-state index is 10.2. The van der Waals surface area contributed by atoms with Crippen LogP contribution in [0.3, 0.4) is 0 Å². The van der Waals surface area contributed by atoms with Crippen molar-refractivity contribution < 1.29 is 4.79 Å². The molecule has 0 radical (unpaired) electrons. The highest BCUT2D eigenvalue weighted by Crippen LogP contribution is 1.93. The lowest BCUT2D eigenvalue weighted by Gasteiger charge is -2.12. The molecule has 0 N–H and O–H groups in total. The van der Waals surface area contributed by atoms with E-state index in [-0.39, 0.29) is 0 Å². The zero-order valence-electron chi connectivity index (χ0n) is 6.35. The Hall–Kier alpha value is -0.240. The Labute approximate surface area is 67.2 Å². The molecule has 0 atom stereocenters. The quantitative estimate of drug-likeness (QED) is 0.330. The van der Waals surface area contributed by atoms with E-state index in [4.69, 9.17) is 11.6 Å². The van der Waals surface area contributed by atoms with Crippen LogP contribution in [0.1, 0.15) is 19.8 Å². The van der Waals surface area contributed by atoms with E-state index in [0.29, 0.717) is 5.88 Å². The molecule has 60 valence electrons. The molecule has 0 spiro atoms. The van der Waals surface area contributed by atoms with Crippen LogP contribution in [-0.2, 0) is 4.79 Å². The normalized spacial score (nSPS) is 9.40. The predicted octanol–water partition coefficient (Wildman–Crippen LogP) is 1.48. The second-order valence-corrected chi connectivity index (χ2v) is 2.51. The first-order valence-corrected chi connectivity index (χ1v) is 4.14. The number of carbonyl (C=O) groups is 1. The maximum atomic E-state index is 10.2. The molecule has 0 aromatic heterocycles. The minimum atomic E-state index is 0.691. The van der Waals surface area contributed by atoms with Crippen molar-refractivity contribution in [3.8, 4) is 0 Å². The lowest BCUT2D eigenvalue weighted by atomic mass is 10.3. The molecule has 3 heteroatoms. The summed E-state index contributed by atoms with van der Waals surface area (Å²) in [5.41, 5.74) is 0. The van der Waals surface area contributed by atoms with Gasteiger partial charge >= 0.3 is 0 Å². The third kappa shape index (κ3) is 4.62. The first-order valence-electron chi connectivity index (χ1n) is 3.60. The summed E-state index contributed by atoms with van der Waals surface area (Å²) in [6.07, 6.45) is 2.89. The van der Waals surface area contributed by atoms with Crippen molar-refractivity contribution in [1.29, 1.82) is 0 Å². The third-order valence-electron chi connectivity index (χ3n) is 1.38. The minimum absolute atomic E-state index is 0.691. The Kier molecular flexibility index (Phi) is 6.71. The smallest absolute Gasteiger partial charge is 0.209 e. The van der Waals surface area contributed by atoms with E-state index in [1.165, 1.54) is 0 Å². The van der Waals surface area contributed by atoms with Gasteiger partial charge in [0.05, 0.1) is 0 Å². The molecule has 0 unspecified atom stereocenters. The lowest BCUT2D eigenvalue weighted by molar-refractivity contribution is -0.118. The Balaban J connectivity index is 3.17. The Morgan fingerprint density at radius 2 is 2.20 bits per heavy atom. The highest BCUT2D eigenvalue weighted by Gasteiger charge is 1.95. The van der Waals surface area contributed by atoms with Crippen LogP contribution in [-0.4, -0.2) is 30.3 Å². The number of rotatable bonds is 6. The molecule has 0 saturated carbocycles. The predicted molar refractivity (Wildman–Crippen MR) is 43.3 cm³/mol. The monoisotopic (exact) mass is 163 g/mol. The fourth-order valence-corrected chi connectivity index (χ4v) is 0.884. The van der Waals surface area contributed by atoms with E-state index in [0.717, 1.165) is 32.3 Å². The van der Waals surface area contributed by atoms with E-state index in [1.54, 1.807) is 4.90 Å². The molecule has 0 aromatic carbocycles. The van der Waals surface area contributed by atoms with Gasteiger partial charge in [-0.15, -0.1) is 11.6 Å². The molecule has 0 aliphatic carbocycles. The van der Waals surface area contributed by atoms with Gasteiger partial charge in [0.1, 0.15) is 0 Å². The molecule has 0 rings (SSSR count). The van der Waals surface area contributed by atoms with Crippen molar-refractivity contribution in [3.63, 3.8) is 0 Å². The zero-order valence-corrected chi connectivity index (χ0v) is 7.10. The summed E-state index contributed by atoms with van der Waals surface area (Å²) in [7, 11) is 0. The van der Waals surface area contributed by atoms with E-state index < -0.39 is 0 Å². The number of hydrogen-bond acceptors (Lipinski definition) is 1. The largest absolute Gasteiger partial charge is 0.346 e. The van der Waals surface area contributed by atoms with Gasteiger partial charge in [0, 0.05) is 19.0 Å². The molecular weight excluding hydrogens is 150 g/mol. The molecule has 10 heavy (non-hydrogen) atoms. The van der Waals surface area contributed by atoms with E-state index in [9.17, 15) is 4.79 Å². The van der Waals surface area contributed by atoms with Crippen molar-refractivity contribution >= 4 is 18.0 Å². The van der Waals surface area contributed by atoms with Crippen molar-refractivity contribution in [2.45, 2.75) is 19.8 Å². The van der Waals surface area contributed by atoms with Crippen LogP contribution in [0.25, 0.3) is 0 Å². The lowest BCUT2D eigenvalue weighted by Crippen LogP contribution is -2.22. The standard InChI is InChI=1S/C7H14ClNO/c1-2-9(7-10)6-4-3-5-8/h7H,2-6H2,1H3. The summed E-state index contributed by atoms with van der Waals surface area (Å²) < 4.78 is 0. The van der Waals surface area contributed by atoms with Crippen molar-refractivity contribution in [2.24, 2.45) is 0 Å². The van der Waals surface area contributed by atoms with Gasteiger partial charge in [-0.05, 0) is 19.8 Å². The summed E-state index contributed by atoms with van der Waals surface area (Å²) in [6.45, 7) is 3.60. The van der Waals surface area contributed by atoms with Gasteiger partial charge in [0.15, 0.2) is 0 Å². The summed E-state index contributed by atoms with van der Waals surface area (Å²) >= 11 is 5.46. The van der Waals surface area contributed by atoms with Gasteiger partial charge in [-0.1, -0.05) is 0 Å². The van der Waals surface area contributed by atoms with Crippen molar-refractivity contribution in [3.05, 3.63) is 0 Å². The van der Waals surface area contributed by atoms with Crippen LogP contribution in [0.2, 0.25) is 0 Å². The first kappa shape index (κ1) is 9.76. The number of halogens is 1. The number of nitrogens with zero attached hydrogens (tertiary/aromatic N) is 1. The number of carbonyl (C=O) groups excluding carboxylic acids is 1. The highest BCUT2D eigenvalue weighted by atomic mass is 35.5. The molecule has 0 aliphatic heterocycles. The first-order chi connectivity index (χ1) is 4.85. The molecule has 0 aliphatic rings. The number of alkyl halides is 1. The van der Waals surface area contributed by atoms with Gasteiger partial charge in [-0.3, -0.25) is 4.79 Å². The number of amides is 1. The highest BCUT2D eigenvalue weighted by molar-refractivity contribution is 6.17. The summed E-state index contributed by atoms with van der Waals surface area (Å²) in [6, 6.07) is 0. The van der Waals surface area contributed by atoms with Gasteiger partial charge in [0.25, 0.3) is 0 Å². The van der Waals surface area contributed by atoms with Gasteiger partial charge in [0.2, 0.25) is 6.41 Å². The van der Waals surface area contributed by atoms with Crippen LogP contribution in [0.15, 0.2) is 0 Å². The van der Waals surface area contributed by atoms with Gasteiger partial charge in [-0.25, -0.2) is 0 Å². The molecule has 0 aromatic rings. The van der Waals surface area contributed by atoms with Gasteiger partial charge in [-0.2, -0.15) is 0 Å². The average Bonchev–Trinajstić information content (AvgIpc) is 1.99. The number of hydrogen-bond donors (Lipinski definition) is 0. The maximum Gasteiger partial charge on any atom is 0.209 e. The minimum Gasteiger partial charge on any atom is -0.346 e. The van der Waals surface area contributed by atoms with Crippen LogP contribution < -0.4 is 0 Å². The molecule has 0 fully saturated rings. The fourth-order valence-electron chi connectivity index (χ4n) is 0.695. The van der Waals surface area contributed by atoms with Crippen LogP contribution >= 0.6 is 11.6 Å². The Morgan fingerprint density at radius 3 is 2.60 bits per heavy atom. The average molecular weight is 164 g/mol. The second kappa shape index (κ2) is 6.87. The third-order valence-corrected chi connectivity index (χ3v) is 1.65. The topological polar surface area (TPSA) is 20.3 Å². The van der Waals surface area contributed by atoms with Crippen LogP contribution in [0.4, 0.5) is 0 Å². The second-order valence-electron chi connectivity index (χ2n) is 2.13. The van der Waals surface area contributed by atoms with Gasteiger partial charge < -0.3 is 4.90 Å². The molecule has 0 saturated heterocycles. The molecule has 0 bridgehead atoms. The molecular formula is C7H14ClNO. The van der Waals surface area contributed by atoms with Crippen molar-refractivity contribution in [1.82, 2.24) is 4.90 Å². The Morgan fingerprint density at radius 1 is 1.50 bits per heavy atom. The van der Waals surface area contributed by atoms with Crippen LogP contribution in [0, 0.1) is 0 Å². The van der Waals surface area contributed by atoms with E-state index in [2.05, 4.69) is 0 Å². The van der Waals surface area contributed by atoms with E-state index >= 15 is 0 Å². The number of unbranched alkanes of at least 4 members (excludes halogenated alkanes) is 1.